The molecule has 6 nitrogen and oxygen atoms in total. The molecule has 1 unspecified atom stereocenters. The number of benzene rings is 2. The number of nitrogens with zero attached hydrogens (tertiary/aromatic N) is 1. The minimum absolute atomic E-state index is 0.0483. The first-order valence-electron chi connectivity index (χ1n) is 8.07. The monoisotopic (exact) mass is 706 g/mol. The molecule has 27 heavy (non-hydrogen) atoms. The third kappa shape index (κ3) is 5.65. The Bertz CT molecular complexity index is 874. The van der Waals surface area contributed by atoms with Crippen LogP contribution in [0, 0.1) is 26.7 Å². The molecule has 1 atom stereocenters. The van der Waals surface area contributed by atoms with Gasteiger partial charge < -0.3 is 10.5 Å². The van der Waals surface area contributed by atoms with Gasteiger partial charge in [-0.25, -0.2) is 0 Å². The van der Waals surface area contributed by atoms with E-state index in [9.17, 15) is 14.9 Å². The number of carbonyl (C=O) groups is 1. The first-order valence-corrected chi connectivity index (χ1v) is 11.3. The van der Waals surface area contributed by atoms with Gasteiger partial charge in [0.2, 0.25) is 0 Å². The summed E-state index contributed by atoms with van der Waals surface area (Å²) < 4.78 is 8.39. The summed E-state index contributed by atoms with van der Waals surface area (Å²) in [7, 11) is 0. The summed E-state index contributed by atoms with van der Waals surface area (Å²) in [5, 5.41) is 11.1. The van der Waals surface area contributed by atoms with Gasteiger partial charge in [-0.2, -0.15) is 0 Å². The number of esters is 1. The highest BCUT2D eigenvalue weighted by molar-refractivity contribution is 14.1. The number of nitro groups is 1. The predicted molar refractivity (Wildman–Crippen MR) is 129 cm³/mol. The fraction of sp³-hybridized carbons (Fsp3) is 0.278. The molecule has 0 radical (unpaired) electrons. The number of nitrogens with two attached hydrogens (primary N) is 1. The van der Waals surface area contributed by atoms with E-state index >= 15 is 0 Å². The predicted octanol–water partition coefficient (Wildman–Crippen LogP) is 5.30. The number of nitro benzene ring substituents is 1. The molecule has 2 N–H and O–H groups in total. The summed E-state index contributed by atoms with van der Waals surface area (Å²) >= 11 is 6.66. The fourth-order valence-electron chi connectivity index (χ4n) is 2.55. The number of hydrogen-bond acceptors (Lipinski definition) is 5. The quantitative estimate of drug-likeness (QED) is 0.139. The highest BCUT2D eigenvalue weighted by Crippen LogP contribution is 2.32. The van der Waals surface area contributed by atoms with Crippen molar-refractivity contribution in [2.24, 2.45) is 5.92 Å². The molecule has 0 amide bonds. The van der Waals surface area contributed by atoms with Gasteiger partial charge in [0.1, 0.15) is 6.61 Å². The molecule has 0 heterocycles. The van der Waals surface area contributed by atoms with Crippen LogP contribution in [0.2, 0.25) is 0 Å². The summed E-state index contributed by atoms with van der Waals surface area (Å²) in [4.78, 5) is 23.2. The van der Waals surface area contributed by atoms with Gasteiger partial charge in [-0.3, -0.25) is 14.9 Å². The normalized spacial score (nSPS) is 11.9. The zero-order chi connectivity index (χ0) is 20.1. The van der Waals surface area contributed by atoms with Gasteiger partial charge in [0.05, 0.1) is 22.1 Å². The van der Waals surface area contributed by atoms with Crippen molar-refractivity contribution in [3.8, 4) is 0 Å². The van der Waals surface area contributed by atoms with E-state index in [0.29, 0.717) is 18.4 Å². The number of hydrogen-bond donors (Lipinski definition) is 1. The van der Waals surface area contributed by atoms with Crippen molar-refractivity contribution in [2.45, 2.75) is 26.4 Å². The molecule has 0 aliphatic rings. The van der Waals surface area contributed by atoms with Crippen LogP contribution in [0.25, 0.3) is 0 Å². The van der Waals surface area contributed by atoms with E-state index in [1.165, 1.54) is 6.07 Å². The molecule has 0 spiro atoms. The van der Waals surface area contributed by atoms with Crippen molar-refractivity contribution in [1.82, 2.24) is 0 Å². The Morgan fingerprint density at radius 2 is 1.93 bits per heavy atom. The lowest BCUT2D eigenvalue weighted by atomic mass is 9.96. The molecule has 0 bridgehead atoms. The molecular formula is C18H17I3N2O4. The van der Waals surface area contributed by atoms with E-state index in [1.807, 2.05) is 13.0 Å². The maximum Gasteiger partial charge on any atom is 0.309 e. The van der Waals surface area contributed by atoms with Crippen molar-refractivity contribution in [3.05, 3.63) is 62.3 Å². The first kappa shape index (κ1) is 22.6. The van der Waals surface area contributed by atoms with Crippen molar-refractivity contribution < 1.29 is 14.5 Å². The zero-order valence-corrected chi connectivity index (χ0v) is 20.8. The second-order valence-electron chi connectivity index (χ2n) is 5.85. The Hall–Kier alpha value is -0.700. The van der Waals surface area contributed by atoms with Gasteiger partial charge in [0, 0.05) is 16.8 Å². The van der Waals surface area contributed by atoms with Crippen LogP contribution in [-0.2, 0) is 22.6 Å². The molecular weight excluding hydrogens is 689 g/mol. The molecule has 2 aromatic rings. The average molecular weight is 706 g/mol. The van der Waals surface area contributed by atoms with E-state index in [4.69, 9.17) is 10.5 Å². The second-order valence-corrected chi connectivity index (χ2v) is 9.25. The molecule has 0 saturated heterocycles. The van der Waals surface area contributed by atoms with Gasteiger partial charge in [0.25, 0.3) is 5.69 Å². The van der Waals surface area contributed by atoms with Crippen LogP contribution < -0.4 is 5.73 Å². The van der Waals surface area contributed by atoms with Crippen LogP contribution in [-0.4, -0.2) is 10.9 Å². The topological polar surface area (TPSA) is 95.5 Å². The minimum Gasteiger partial charge on any atom is -0.460 e. The number of halogens is 3. The molecule has 0 aliphatic carbocycles. The maximum absolute atomic E-state index is 12.6. The largest absolute Gasteiger partial charge is 0.460 e. The van der Waals surface area contributed by atoms with Gasteiger partial charge >= 0.3 is 5.97 Å². The Balaban J connectivity index is 2.14. The SMILES string of the molecule is CCC(Cc1c(I)cc(I)c(N)c1I)C(=O)OCc1ccccc1[N+](=O)[O-]. The fourth-order valence-corrected chi connectivity index (χ4v) is 6.37. The lowest BCUT2D eigenvalue weighted by Crippen LogP contribution is -2.21. The molecule has 2 aromatic carbocycles. The smallest absolute Gasteiger partial charge is 0.309 e. The average Bonchev–Trinajstić information content (AvgIpc) is 2.64. The standard InChI is InChI=1S/C18H17I3N2O4/c1-2-10(7-12-13(19)8-14(20)17(22)16(12)21)18(24)27-9-11-5-3-4-6-15(11)23(25)26/h3-6,8,10H,2,7,9,22H2,1H3. The van der Waals surface area contributed by atoms with Crippen LogP contribution in [0.3, 0.4) is 0 Å². The van der Waals surface area contributed by atoms with Crippen LogP contribution >= 0.6 is 67.8 Å². The Labute approximate surface area is 198 Å². The molecule has 0 aliphatic heterocycles. The molecule has 144 valence electrons. The summed E-state index contributed by atoms with van der Waals surface area (Å²) in [5.41, 5.74) is 8.21. The van der Waals surface area contributed by atoms with E-state index in [2.05, 4.69) is 67.8 Å². The van der Waals surface area contributed by atoms with Crippen molar-refractivity contribution in [2.75, 3.05) is 5.73 Å². The van der Waals surface area contributed by atoms with Crippen LogP contribution in [0.1, 0.15) is 24.5 Å². The summed E-state index contributed by atoms with van der Waals surface area (Å²) in [6.45, 7) is 1.81. The third-order valence-electron chi connectivity index (χ3n) is 4.14. The molecule has 0 aromatic heterocycles. The molecule has 0 saturated carbocycles. The lowest BCUT2D eigenvalue weighted by Gasteiger charge is -2.18. The van der Waals surface area contributed by atoms with Crippen molar-refractivity contribution in [3.63, 3.8) is 0 Å². The second kappa shape index (κ2) is 10.2. The number of rotatable bonds is 7. The number of ether oxygens (including phenoxy) is 1. The zero-order valence-electron chi connectivity index (χ0n) is 14.4. The van der Waals surface area contributed by atoms with Crippen LogP contribution in [0.4, 0.5) is 11.4 Å². The van der Waals surface area contributed by atoms with E-state index in [0.717, 1.165) is 22.0 Å². The van der Waals surface area contributed by atoms with Crippen molar-refractivity contribution in [1.29, 1.82) is 0 Å². The Morgan fingerprint density at radius 1 is 1.26 bits per heavy atom. The van der Waals surface area contributed by atoms with Gasteiger partial charge in [-0.05, 0) is 98.3 Å². The highest BCUT2D eigenvalue weighted by atomic mass is 127. The summed E-state index contributed by atoms with van der Waals surface area (Å²) in [6.07, 6.45) is 1.12. The third-order valence-corrected chi connectivity index (χ3v) is 7.22. The van der Waals surface area contributed by atoms with Crippen LogP contribution in [0.5, 0.6) is 0 Å². The van der Waals surface area contributed by atoms with Crippen molar-refractivity contribution >= 4 is 85.1 Å². The minimum atomic E-state index is -0.473. The number of para-hydroxylation sites is 1. The van der Waals surface area contributed by atoms with Gasteiger partial charge in [-0.15, -0.1) is 0 Å². The number of carbonyl (C=O) groups excluding carboxylic acids is 1. The van der Waals surface area contributed by atoms with E-state index in [1.54, 1.807) is 18.2 Å². The molecule has 0 fully saturated rings. The number of nitrogen functional groups attached to an aromatic ring is 1. The number of anilines is 1. The van der Waals surface area contributed by atoms with E-state index < -0.39 is 4.92 Å². The Morgan fingerprint density at radius 3 is 2.56 bits per heavy atom. The van der Waals surface area contributed by atoms with Crippen LogP contribution in [0.15, 0.2) is 30.3 Å². The lowest BCUT2D eigenvalue weighted by molar-refractivity contribution is -0.385. The maximum atomic E-state index is 12.6. The Kier molecular flexibility index (Phi) is 8.52. The van der Waals surface area contributed by atoms with Gasteiger partial charge in [0.15, 0.2) is 0 Å². The summed E-state index contributed by atoms with van der Waals surface area (Å²) in [6, 6.07) is 8.27. The molecule has 9 heteroatoms. The van der Waals surface area contributed by atoms with E-state index in [-0.39, 0.29) is 24.2 Å². The van der Waals surface area contributed by atoms with Gasteiger partial charge in [-0.1, -0.05) is 19.1 Å². The molecule has 2 rings (SSSR count). The first-order chi connectivity index (χ1) is 12.8. The summed E-state index contributed by atoms with van der Waals surface area (Å²) in [5.74, 6) is -0.700. The highest BCUT2D eigenvalue weighted by Gasteiger charge is 2.23.